The zero-order valence-electron chi connectivity index (χ0n) is 24.3. The van der Waals surface area contributed by atoms with Gasteiger partial charge in [-0.25, -0.2) is 17.5 Å². The first-order valence-electron chi connectivity index (χ1n) is 14.1. The summed E-state index contributed by atoms with van der Waals surface area (Å²) >= 11 is 6.07. The van der Waals surface area contributed by atoms with Crippen molar-refractivity contribution in [2.45, 2.75) is 24.8 Å². The molecule has 43 heavy (non-hydrogen) atoms. The summed E-state index contributed by atoms with van der Waals surface area (Å²) in [6, 6.07) is 14.4. The second-order valence-corrected chi connectivity index (χ2v) is 13.4. The summed E-state index contributed by atoms with van der Waals surface area (Å²) in [5, 5.41) is 4.92. The number of carbonyl (C=O) groups is 1. The summed E-state index contributed by atoms with van der Waals surface area (Å²) in [6.45, 7) is 1.33. The van der Waals surface area contributed by atoms with E-state index in [2.05, 4.69) is 5.10 Å². The van der Waals surface area contributed by atoms with Gasteiger partial charge in [-0.05, 0) is 48.2 Å². The summed E-state index contributed by atoms with van der Waals surface area (Å²) in [6.07, 6.45) is 2.28. The van der Waals surface area contributed by atoms with Crippen molar-refractivity contribution in [3.63, 3.8) is 0 Å². The number of aromatic nitrogens is 2. The number of hydrogen-bond donors (Lipinski definition) is 0. The van der Waals surface area contributed by atoms with Crippen LogP contribution in [0, 0.1) is 11.7 Å². The maximum absolute atomic E-state index is 15.4. The van der Waals surface area contributed by atoms with Crippen LogP contribution in [0.2, 0.25) is 5.02 Å². The third kappa shape index (κ3) is 6.71. The molecule has 2 fully saturated rings. The Morgan fingerprint density at radius 2 is 1.79 bits per heavy atom. The highest BCUT2D eigenvalue weighted by Crippen LogP contribution is 2.38. The standard InChI is InChI=1S/C30H35ClFN5O5S/c1-34-29(38)13-12-28(33-34)36-18-24(23-11-10-22(42-2)17-26(23)32)25(19-36)30(39)35-14-4-5-27(20-6-8-21(31)9-7-20)37(16-15-35)43(3,40)41/h6-13,17,24-25,27H,4-5,14-16,18-19H2,1-3H3/t24?,25-,27?/m1/s1. The van der Waals surface area contributed by atoms with Crippen LogP contribution in [0.3, 0.4) is 0 Å². The van der Waals surface area contributed by atoms with Crippen LogP contribution in [0.25, 0.3) is 0 Å². The molecule has 10 nitrogen and oxygen atoms in total. The van der Waals surface area contributed by atoms with Crippen LogP contribution in [-0.2, 0) is 21.9 Å². The number of methoxy groups -OCH3 is 1. The molecule has 13 heteroatoms. The normalized spacial score (nSPS) is 21.8. The smallest absolute Gasteiger partial charge is 0.266 e. The summed E-state index contributed by atoms with van der Waals surface area (Å²) in [5.74, 6) is -0.891. The van der Waals surface area contributed by atoms with Crippen LogP contribution in [0.4, 0.5) is 10.2 Å². The summed E-state index contributed by atoms with van der Waals surface area (Å²) in [5.41, 5.74) is 0.973. The molecule has 3 atom stereocenters. The number of halogens is 2. The van der Waals surface area contributed by atoms with Crippen molar-refractivity contribution in [1.29, 1.82) is 0 Å². The van der Waals surface area contributed by atoms with Crippen LogP contribution >= 0.6 is 11.6 Å². The molecule has 2 aliphatic heterocycles. The number of benzene rings is 2. The second kappa shape index (κ2) is 12.6. The number of nitrogens with zero attached hydrogens (tertiary/aromatic N) is 5. The zero-order chi connectivity index (χ0) is 30.9. The van der Waals surface area contributed by atoms with Gasteiger partial charge >= 0.3 is 0 Å². The number of carbonyl (C=O) groups excluding carboxylic acids is 1. The number of sulfonamides is 1. The van der Waals surface area contributed by atoms with Crippen LogP contribution in [0.5, 0.6) is 5.75 Å². The second-order valence-electron chi connectivity index (χ2n) is 11.1. The summed E-state index contributed by atoms with van der Waals surface area (Å²) < 4.78 is 49.1. The Morgan fingerprint density at radius 1 is 1.05 bits per heavy atom. The highest BCUT2D eigenvalue weighted by molar-refractivity contribution is 7.88. The van der Waals surface area contributed by atoms with Gasteiger partial charge in [-0.3, -0.25) is 9.59 Å². The summed E-state index contributed by atoms with van der Waals surface area (Å²) in [4.78, 5) is 29.8. The first-order valence-corrected chi connectivity index (χ1v) is 16.3. The molecule has 0 bridgehead atoms. The average molecular weight is 632 g/mol. The van der Waals surface area contributed by atoms with Crippen LogP contribution < -0.4 is 15.2 Å². The van der Waals surface area contributed by atoms with E-state index in [-0.39, 0.29) is 37.1 Å². The molecule has 5 rings (SSSR count). The van der Waals surface area contributed by atoms with Gasteiger partial charge in [0.25, 0.3) is 5.56 Å². The lowest BCUT2D eigenvalue weighted by Gasteiger charge is -2.37. The van der Waals surface area contributed by atoms with Gasteiger partial charge in [-0.1, -0.05) is 29.8 Å². The lowest BCUT2D eigenvalue weighted by Crippen LogP contribution is -2.47. The minimum Gasteiger partial charge on any atom is -0.497 e. The summed E-state index contributed by atoms with van der Waals surface area (Å²) in [7, 11) is -0.590. The van der Waals surface area contributed by atoms with Gasteiger partial charge in [-0.2, -0.15) is 9.40 Å². The number of hydrogen-bond acceptors (Lipinski definition) is 7. The topological polar surface area (TPSA) is 105 Å². The molecule has 0 aliphatic carbocycles. The Bertz CT molecular complexity index is 1650. The lowest BCUT2D eigenvalue weighted by molar-refractivity contribution is -0.135. The first kappa shape index (κ1) is 31.0. The minimum atomic E-state index is -3.60. The molecule has 2 unspecified atom stereocenters. The maximum Gasteiger partial charge on any atom is 0.266 e. The third-order valence-corrected chi connectivity index (χ3v) is 9.89. The Hall–Kier alpha value is -3.48. The SMILES string of the molecule is COc1ccc(C2CN(c3ccc(=O)n(C)n3)C[C@H]2C(=O)N2CCCC(c3ccc(Cl)cc3)N(S(C)(=O)=O)CC2)c(F)c1. The average Bonchev–Trinajstić information content (AvgIpc) is 3.39. The third-order valence-electron chi connectivity index (χ3n) is 8.35. The van der Waals surface area contributed by atoms with E-state index in [0.29, 0.717) is 48.1 Å². The first-order chi connectivity index (χ1) is 20.5. The lowest BCUT2D eigenvalue weighted by atomic mass is 9.87. The van der Waals surface area contributed by atoms with Crippen molar-refractivity contribution in [3.05, 3.63) is 86.9 Å². The van der Waals surface area contributed by atoms with Crippen LogP contribution in [0.15, 0.2) is 59.4 Å². The highest BCUT2D eigenvalue weighted by Gasteiger charge is 2.43. The van der Waals surface area contributed by atoms with Crippen molar-refractivity contribution < 1.29 is 22.3 Å². The van der Waals surface area contributed by atoms with Gasteiger partial charge in [0.15, 0.2) is 0 Å². The molecule has 2 aliphatic rings. The van der Waals surface area contributed by atoms with Gasteiger partial charge in [-0.15, -0.1) is 0 Å². The minimum absolute atomic E-state index is 0.123. The van der Waals surface area contributed by atoms with Gasteiger partial charge in [0.05, 0.1) is 19.3 Å². The molecule has 3 aromatic rings. The molecule has 3 heterocycles. The number of anilines is 1. The Labute approximate surface area is 255 Å². The monoisotopic (exact) mass is 631 g/mol. The van der Waals surface area contributed by atoms with E-state index in [1.807, 2.05) is 17.0 Å². The number of amides is 1. The number of rotatable bonds is 6. The predicted octanol–water partition coefficient (Wildman–Crippen LogP) is 3.43. The zero-order valence-corrected chi connectivity index (χ0v) is 25.9. The quantitative estimate of drug-likeness (QED) is 0.411. The largest absolute Gasteiger partial charge is 0.497 e. The molecule has 0 radical (unpaired) electrons. The van der Waals surface area contributed by atoms with E-state index in [9.17, 15) is 18.0 Å². The molecule has 1 amide bonds. The van der Waals surface area contributed by atoms with Gasteiger partial charge in [0.2, 0.25) is 15.9 Å². The fourth-order valence-electron chi connectivity index (χ4n) is 6.13. The van der Waals surface area contributed by atoms with Crippen molar-refractivity contribution >= 4 is 33.3 Å². The molecule has 2 aromatic carbocycles. The van der Waals surface area contributed by atoms with Crippen molar-refractivity contribution in [2.24, 2.45) is 13.0 Å². The Balaban J connectivity index is 1.43. The van der Waals surface area contributed by atoms with Crippen molar-refractivity contribution in [3.8, 4) is 5.75 Å². The highest BCUT2D eigenvalue weighted by atomic mass is 35.5. The van der Waals surface area contributed by atoms with Gasteiger partial charge < -0.3 is 14.5 Å². The molecule has 230 valence electrons. The molecule has 0 spiro atoms. The Morgan fingerprint density at radius 3 is 2.44 bits per heavy atom. The van der Waals surface area contributed by atoms with Crippen molar-refractivity contribution in [2.75, 3.05) is 51.0 Å². The van der Waals surface area contributed by atoms with Gasteiger partial charge in [0, 0.05) is 68.9 Å². The van der Waals surface area contributed by atoms with E-state index in [1.54, 1.807) is 42.3 Å². The molecule has 1 aromatic heterocycles. The molecule has 0 saturated carbocycles. The fourth-order valence-corrected chi connectivity index (χ4v) is 7.36. The van der Waals surface area contributed by atoms with E-state index in [1.165, 1.54) is 34.5 Å². The maximum atomic E-state index is 15.4. The van der Waals surface area contributed by atoms with Crippen molar-refractivity contribution in [1.82, 2.24) is 19.0 Å². The van der Waals surface area contributed by atoms with E-state index in [0.717, 1.165) is 5.56 Å². The van der Waals surface area contributed by atoms with Gasteiger partial charge in [0.1, 0.15) is 17.4 Å². The molecule has 0 N–H and O–H groups in total. The predicted molar refractivity (Wildman–Crippen MR) is 162 cm³/mol. The number of aryl methyl sites for hydroxylation is 1. The molecular formula is C30H35ClFN5O5S. The van der Waals surface area contributed by atoms with E-state index < -0.39 is 27.7 Å². The van der Waals surface area contributed by atoms with Crippen LogP contribution in [0.1, 0.15) is 35.9 Å². The van der Waals surface area contributed by atoms with E-state index >= 15 is 4.39 Å². The Kier molecular flexibility index (Phi) is 9.10. The molecule has 2 saturated heterocycles. The van der Waals surface area contributed by atoms with E-state index in [4.69, 9.17) is 16.3 Å². The fraction of sp³-hybridized carbons (Fsp3) is 0.433. The molecular weight excluding hydrogens is 597 g/mol. The van der Waals surface area contributed by atoms with Crippen LogP contribution in [-0.4, -0.2) is 79.4 Å². The number of ether oxygens (including phenoxy) is 1.